The molecule has 4 rings (SSSR count). The van der Waals surface area contributed by atoms with E-state index in [9.17, 15) is 35.2 Å². The van der Waals surface area contributed by atoms with E-state index in [-0.39, 0.29) is 36.7 Å². The molecule has 186 valence electrons. The van der Waals surface area contributed by atoms with E-state index >= 15 is 0 Å². The Kier molecular flexibility index (Phi) is 6.16. The van der Waals surface area contributed by atoms with Gasteiger partial charge in [0.15, 0.2) is 9.84 Å². The third kappa shape index (κ3) is 4.79. The summed E-state index contributed by atoms with van der Waals surface area (Å²) in [4.78, 5) is 19.9. The first-order chi connectivity index (χ1) is 15.8. The fourth-order valence-corrected chi connectivity index (χ4v) is 4.83. The molecule has 1 aromatic heterocycles. The number of benzene rings is 1. The Morgan fingerprint density at radius 2 is 1.76 bits per heavy atom. The molecule has 0 radical (unpaired) electrons. The van der Waals surface area contributed by atoms with Gasteiger partial charge in [-0.3, -0.25) is 0 Å². The summed E-state index contributed by atoms with van der Waals surface area (Å²) in [6, 6.07) is 0.556. The number of halogens is 5. The molecule has 15 heteroatoms. The van der Waals surface area contributed by atoms with E-state index in [4.69, 9.17) is 4.52 Å². The number of hydrogen-bond donors (Lipinski definition) is 0. The minimum absolute atomic E-state index is 0.146. The second-order valence-corrected chi connectivity index (χ2v) is 10.1. The number of amides is 2. The van der Waals surface area contributed by atoms with Gasteiger partial charge in [-0.05, 0) is 30.1 Å². The minimum atomic E-state index is -4.71. The Balaban J connectivity index is 1.37. The molecule has 2 aliphatic heterocycles. The predicted molar refractivity (Wildman–Crippen MR) is 107 cm³/mol. The van der Waals surface area contributed by atoms with Crippen LogP contribution in [0.3, 0.4) is 0 Å². The maximum Gasteiger partial charge on any atom is 0.455 e. The second-order valence-electron chi connectivity index (χ2n) is 8.16. The summed E-state index contributed by atoms with van der Waals surface area (Å²) in [5.41, 5.74) is -0.146. The molecule has 9 nitrogen and oxygen atoms in total. The number of anilines is 1. The van der Waals surface area contributed by atoms with Crippen LogP contribution in [-0.4, -0.2) is 72.9 Å². The summed E-state index contributed by atoms with van der Waals surface area (Å²) in [6.45, 7) is 0.949. The van der Waals surface area contributed by atoms with Gasteiger partial charge in [0.1, 0.15) is 16.5 Å². The summed E-state index contributed by atoms with van der Waals surface area (Å²) in [5.74, 6) is -3.38. The van der Waals surface area contributed by atoms with E-state index < -0.39 is 38.4 Å². The lowest BCUT2D eigenvalue weighted by atomic mass is 10.0. The highest BCUT2D eigenvalue weighted by atomic mass is 32.2. The topological polar surface area (TPSA) is 99.9 Å². The van der Waals surface area contributed by atoms with Gasteiger partial charge in [0.25, 0.3) is 5.82 Å². The van der Waals surface area contributed by atoms with Crippen LogP contribution in [-0.2, 0) is 22.6 Å². The third-order valence-electron chi connectivity index (χ3n) is 5.83. The Hall–Kier alpha value is -2.97. The lowest BCUT2D eigenvalue weighted by Crippen LogP contribution is -2.46. The quantitative estimate of drug-likeness (QED) is 0.572. The Morgan fingerprint density at radius 1 is 1.09 bits per heavy atom. The minimum Gasteiger partial charge on any atom is -0.324 e. The molecule has 1 aromatic carbocycles. The summed E-state index contributed by atoms with van der Waals surface area (Å²) < 4.78 is 94.3. The number of aromatic nitrogens is 2. The van der Waals surface area contributed by atoms with Gasteiger partial charge < -0.3 is 19.2 Å². The number of piperidine rings is 1. The molecule has 0 saturated carbocycles. The van der Waals surface area contributed by atoms with Crippen molar-refractivity contribution in [1.82, 2.24) is 19.9 Å². The molecule has 0 bridgehead atoms. The standard InChI is InChI=1S/C19H20F5N5O4S/c1-34(31,32)15-9-13(20)11(8-14(15)21)10-28-6-7-29(18(28)30)12-2-4-27(5-3-12)17-25-16(26-33-17)19(22,23)24/h8-9,12H,2-7,10H2,1H3. The smallest absolute Gasteiger partial charge is 0.324 e. The van der Waals surface area contributed by atoms with E-state index in [0.29, 0.717) is 38.5 Å². The molecular weight excluding hydrogens is 489 g/mol. The average molecular weight is 509 g/mol. The number of rotatable bonds is 5. The molecule has 3 heterocycles. The van der Waals surface area contributed by atoms with Crippen LogP contribution in [0.2, 0.25) is 0 Å². The van der Waals surface area contributed by atoms with Crippen molar-refractivity contribution in [1.29, 1.82) is 0 Å². The summed E-state index contributed by atoms with van der Waals surface area (Å²) in [5, 5.41) is 2.94. The van der Waals surface area contributed by atoms with Crippen LogP contribution in [0.15, 0.2) is 21.6 Å². The Morgan fingerprint density at radius 3 is 2.35 bits per heavy atom. The summed E-state index contributed by atoms with van der Waals surface area (Å²) in [6.07, 6.45) is -3.06. The molecule has 2 amide bonds. The molecule has 2 aromatic rings. The van der Waals surface area contributed by atoms with Crippen LogP contribution >= 0.6 is 0 Å². The highest BCUT2D eigenvalue weighted by Gasteiger charge is 2.39. The van der Waals surface area contributed by atoms with Gasteiger partial charge in [0.2, 0.25) is 0 Å². The lowest BCUT2D eigenvalue weighted by Gasteiger charge is -2.35. The van der Waals surface area contributed by atoms with Gasteiger partial charge in [-0.25, -0.2) is 22.0 Å². The monoisotopic (exact) mass is 509 g/mol. The van der Waals surface area contributed by atoms with Gasteiger partial charge in [-0.1, -0.05) is 0 Å². The number of hydrogen-bond acceptors (Lipinski definition) is 7. The van der Waals surface area contributed by atoms with Crippen LogP contribution in [0.5, 0.6) is 0 Å². The molecular formula is C19H20F5N5O4S. The van der Waals surface area contributed by atoms with Crippen molar-refractivity contribution in [3.8, 4) is 0 Å². The van der Waals surface area contributed by atoms with Gasteiger partial charge in [-0.15, -0.1) is 0 Å². The van der Waals surface area contributed by atoms with Crippen LogP contribution in [0.1, 0.15) is 24.2 Å². The van der Waals surface area contributed by atoms with Crippen molar-refractivity contribution in [3.05, 3.63) is 35.2 Å². The van der Waals surface area contributed by atoms with E-state index in [1.807, 2.05) is 0 Å². The van der Waals surface area contributed by atoms with Crippen molar-refractivity contribution in [2.45, 2.75) is 36.5 Å². The Labute approximate surface area is 191 Å². The average Bonchev–Trinajstić information content (AvgIpc) is 3.38. The second kappa shape index (κ2) is 8.67. The lowest BCUT2D eigenvalue weighted by molar-refractivity contribution is -0.146. The van der Waals surface area contributed by atoms with E-state index in [1.165, 1.54) is 9.80 Å². The molecule has 0 N–H and O–H groups in total. The van der Waals surface area contributed by atoms with Crippen LogP contribution < -0.4 is 4.90 Å². The number of nitrogens with zero attached hydrogens (tertiary/aromatic N) is 5. The van der Waals surface area contributed by atoms with Crippen LogP contribution in [0.25, 0.3) is 0 Å². The number of sulfone groups is 1. The molecule has 0 unspecified atom stereocenters. The highest BCUT2D eigenvalue weighted by Crippen LogP contribution is 2.30. The van der Waals surface area contributed by atoms with Gasteiger partial charge in [-0.2, -0.15) is 18.2 Å². The molecule has 34 heavy (non-hydrogen) atoms. The van der Waals surface area contributed by atoms with Gasteiger partial charge in [0, 0.05) is 44.0 Å². The van der Waals surface area contributed by atoms with Crippen LogP contribution in [0.4, 0.5) is 32.8 Å². The van der Waals surface area contributed by atoms with E-state index in [1.54, 1.807) is 4.90 Å². The molecule has 2 aliphatic rings. The van der Waals surface area contributed by atoms with Crippen LogP contribution in [0, 0.1) is 11.6 Å². The maximum atomic E-state index is 14.4. The first-order valence-corrected chi connectivity index (χ1v) is 12.1. The van der Waals surface area contributed by atoms with E-state index in [0.717, 1.165) is 12.3 Å². The van der Waals surface area contributed by atoms with Crippen molar-refractivity contribution < 1.29 is 39.7 Å². The molecule has 2 fully saturated rings. The predicted octanol–water partition coefficient (Wildman–Crippen LogP) is 2.68. The highest BCUT2D eigenvalue weighted by molar-refractivity contribution is 7.90. The SMILES string of the molecule is CS(=O)(=O)c1cc(F)c(CN2CCN(C3CCN(c4nc(C(F)(F)F)no4)CC3)C2=O)cc1F. The zero-order valence-corrected chi connectivity index (χ0v) is 18.7. The molecule has 0 aliphatic carbocycles. The van der Waals surface area contributed by atoms with Crippen molar-refractivity contribution in [2.75, 3.05) is 37.3 Å². The zero-order chi connectivity index (χ0) is 24.8. The first kappa shape index (κ1) is 24.2. The molecule has 0 spiro atoms. The summed E-state index contributed by atoms with van der Waals surface area (Å²) in [7, 11) is -3.94. The molecule has 0 atom stereocenters. The summed E-state index contributed by atoms with van der Waals surface area (Å²) >= 11 is 0. The fourth-order valence-electron chi connectivity index (χ4n) is 4.10. The normalized spacial score (nSPS) is 18.3. The number of carbonyl (C=O) groups is 1. The van der Waals surface area contributed by atoms with Gasteiger partial charge in [0.05, 0.1) is 6.54 Å². The number of alkyl halides is 3. The first-order valence-electron chi connectivity index (χ1n) is 10.2. The van der Waals surface area contributed by atoms with Crippen molar-refractivity contribution in [2.24, 2.45) is 0 Å². The largest absolute Gasteiger partial charge is 0.455 e. The number of carbonyl (C=O) groups excluding carboxylic acids is 1. The molecule has 2 saturated heterocycles. The van der Waals surface area contributed by atoms with Gasteiger partial charge >= 0.3 is 18.2 Å². The van der Waals surface area contributed by atoms with E-state index in [2.05, 4.69) is 10.1 Å². The Bertz CT molecular complexity index is 1190. The van der Waals surface area contributed by atoms with Crippen molar-refractivity contribution >= 4 is 21.9 Å². The number of urea groups is 1. The third-order valence-corrected chi connectivity index (χ3v) is 6.95. The fraction of sp³-hybridized carbons (Fsp3) is 0.526. The zero-order valence-electron chi connectivity index (χ0n) is 17.8. The maximum absolute atomic E-state index is 14.4. The van der Waals surface area contributed by atoms with Crippen molar-refractivity contribution in [3.63, 3.8) is 0 Å².